The minimum atomic E-state index is -3.55. The van der Waals surface area contributed by atoms with E-state index >= 15 is 0 Å². The highest BCUT2D eigenvalue weighted by Crippen LogP contribution is 2.24. The van der Waals surface area contributed by atoms with Crippen molar-refractivity contribution in [1.82, 2.24) is 9.97 Å². The fourth-order valence-electron chi connectivity index (χ4n) is 1.43. The summed E-state index contributed by atoms with van der Waals surface area (Å²) in [6, 6.07) is 5.38. The first-order chi connectivity index (χ1) is 9.70. The van der Waals surface area contributed by atoms with Crippen molar-refractivity contribution in [2.24, 2.45) is 0 Å². The maximum atomic E-state index is 12.8. The van der Waals surface area contributed by atoms with Gasteiger partial charge in [0.15, 0.2) is 5.03 Å². The zero-order valence-electron chi connectivity index (χ0n) is 11.9. The fourth-order valence-corrected chi connectivity index (χ4v) is 2.44. The summed E-state index contributed by atoms with van der Waals surface area (Å²) < 4.78 is 41.5. The molecule has 0 aliphatic carbocycles. The minimum absolute atomic E-state index is 0.110. The topological polar surface area (TPSA) is 69.2 Å². The van der Waals surface area contributed by atoms with E-state index in [0.29, 0.717) is 5.75 Å². The van der Waals surface area contributed by atoms with E-state index in [2.05, 4.69) is 9.97 Å². The van der Waals surface area contributed by atoms with E-state index in [0.717, 1.165) is 6.20 Å². The second kappa shape index (κ2) is 5.40. The molecule has 2 aromatic rings. The quantitative estimate of drug-likeness (QED) is 0.871. The Labute approximate surface area is 122 Å². The average molecular weight is 310 g/mol. The van der Waals surface area contributed by atoms with Crippen molar-refractivity contribution in [3.05, 3.63) is 42.5 Å². The molecule has 5 nitrogen and oxygen atoms in total. The Bertz CT molecular complexity index is 720. The maximum absolute atomic E-state index is 12.8. The molecule has 0 aliphatic rings. The second-order valence-corrected chi connectivity index (χ2v) is 8.01. The molecule has 1 heterocycles. The van der Waals surface area contributed by atoms with Crippen LogP contribution in [0.2, 0.25) is 0 Å². The van der Waals surface area contributed by atoms with Crippen LogP contribution in [0.1, 0.15) is 20.8 Å². The molecule has 0 saturated carbocycles. The third-order valence-corrected chi connectivity index (χ3v) is 5.10. The normalized spacial score (nSPS) is 12.2. The molecule has 112 valence electrons. The molecular formula is C14H15FN2O3S. The summed E-state index contributed by atoms with van der Waals surface area (Å²) in [5, 5.41) is -0.110. The van der Waals surface area contributed by atoms with E-state index in [1.165, 1.54) is 30.5 Å². The maximum Gasteiger partial charge on any atom is 0.237 e. The van der Waals surface area contributed by atoms with Gasteiger partial charge in [0.25, 0.3) is 0 Å². The van der Waals surface area contributed by atoms with E-state index in [1.54, 1.807) is 20.8 Å². The Hall–Kier alpha value is -2.02. The first kappa shape index (κ1) is 15.4. The van der Waals surface area contributed by atoms with E-state index in [9.17, 15) is 12.8 Å². The lowest BCUT2D eigenvalue weighted by Crippen LogP contribution is -2.28. The van der Waals surface area contributed by atoms with Gasteiger partial charge in [0, 0.05) is 0 Å². The van der Waals surface area contributed by atoms with Gasteiger partial charge in [-0.05, 0) is 45.0 Å². The lowest BCUT2D eigenvalue weighted by atomic mass is 10.3. The first-order valence-electron chi connectivity index (χ1n) is 6.20. The Balaban J connectivity index is 2.22. The van der Waals surface area contributed by atoms with E-state index in [-0.39, 0.29) is 16.7 Å². The summed E-state index contributed by atoms with van der Waals surface area (Å²) in [7, 11) is -3.55. The van der Waals surface area contributed by atoms with Crippen molar-refractivity contribution in [2.45, 2.75) is 30.5 Å². The van der Waals surface area contributed by atoms with Crippen molar-refractivity contribution in [3.8, 4) is 11.6 Å². The molecule has 21 heavy (non-hydrogen) atoms. The Kier molecular flexibility index (Phi) is 3.95. The second-order valence-electron chi connectivity index (χ2n) is 5.36. The molecule has 1 aromatic carbocycles. The van der Waals surface area contributed by atoms with Crippen LogP contribution in [0.3, 0.4) is 0 Å². The van der Waals surface area contributed by atoms with Gasteiger partial charge in [-0.1, -0.05) is 0 Å². The summed E-state index contributed by atoms with van der Waals surface area (Å²) in [6.07, 6.45) is 2.38. The lowest BCUT2D eigenvalue weighted by molar-refractivity contribution is 0.456. The summed E-state index contributed by atoms with van der Waals surface area (Å²) >= 11 is 0. The molecule has 0 spiro atoms. The van der Waals surface area contributed by atoms with Gasteiger partial charge in [0.1, 0.15) is 11.6 Å². The summed E-state index contributed by atoms with van der Waals surface area (Å²) in [5.41, 5.74) is 0. The van der Waals surface area contributed by atoms with Crippen LogP contribution < -0.4 is 4.74 Å². The Morgan fingerprint density at radius 3 is 2.14 bits per heavy atom. The van der Waals surface area contributed by atoms with Crippen LogP contribution in [0.5, 0.6) is 11.6 Å². The minimum Gasteiger partial charge on any atom is -0.438 e. The predicted octanol–water partition coefficient (Wildman–Crippen LogP) is 2.98. The number of benzene rings is 1. The Morgan fingerprint density at radius 2 is 1.67 bits per heavy atom. The molecule has 2 rings (SSSR count). The van der Waals surface area contributed by atoms with Crippen LogP contribution in [0, 0.1) is 5.82 Å². The van der Waals surface area contributed by atoms with Gasteiger partial charge in [0.2, 0.25) is 15.7 Å². The SMILES string of the molecule is CC(C)(C)S(=O)(=O)c1cnc(Oc2ccc(F)cc2)cn1. The monoisotopic (exact) mass is 310 g/mol. The van der Waals surface area contributed by atoms with E-state index < -0.39 is 14.6 Å². The largest absolute Gasteiger partial charge is 0.438 e. The highest BCUT2D eigenvalue weighted by atomic mass is 32.2. The van der Waals surface area contributed by atoms with Crippen LogP contribution >= 0.6 is 0 Å². The zero-order valence-corrected chi connectivity index (χ0v) is 12.7. The van der Waals surface area contributed by atoms with Gasteiger partial charge in [-0.2, -0.15) is 0 Å². The number of halogens is 1. The van der Waals surface area contributed by atoms with Crippen molar-refractivity contribution in [3.63, 3.8) is 0 Å². The van der Waals surface area contributed by atoms with Crippen molar-refractivity contribution in [2.75, 3.05) is 0 Å². The number of ether oxygens (including phenoxy) is 1. The lowest BCUT2D eigenvalue weighted by Gasteiger charge is -2.18. The van der Waals surface area contributed by atoms with E-state index in [4.69, 9.17) is 4.74 Å². The average Bonchev–Trinajstić information content (AvgIpc) is 2.41. The molecule has 0 aliphatic heterocycles. The predicted molar refractivity (Wildman–Crippen MR) is 75.4 cm³/mol. The standard InChI is InChI=1S/C14H15FN2O3S/c1-14(2,3)21(18,19)13-9-16-12(8-17-13)20-11-6-4-10(15)5-7-11/h4-9H,1-3H3. The van der Waals surface area contributed by atoms with Gasteiger partial charge >= 0.3 is 0 Å². The fraction of sp³-hybridized carbons (Fsp3) is 0.286. The van der Waals surface area contributed by atoms with Gasteiger partial charge in [-0.15, -0.1) is 0 Å². The number of aromatic nitrogens is 2. The first-order valence-corrected chi connectivity index (χ1v) is 7.68. The Morgan fingerprint density at radius 1 is 1.05 bits per heavy atom. The molecule has 0 fully saturated rings. The highest BCUT2D eigenvalue weighted by molar-refractivity contribution is 7.92. The van der Waals surface area contributed by atoms with Crippen molar-refractivity contribution < 1.29 is 17.5 Å². The third kappa shape index (κ3) is 3.36. The highest BCUT2D eigenvalue weighted by Gasteiger charge is 2.32. The zero-order chi connectivity index (χ0) is 15.7. The van der Waals surface area contributed by atoms with Crippen LogP contribution in [-0.2, 0) is 9.84 Å². The molecule has 7 heteroatoms. The summed E-state index contributed by atoms with van der Waals surface area (Å²) in [6.45, 7) is 4.77. The van der Waals surface area contributed by atoms with Crippen LogP contribution in [0.15, 0.2) is 41.7 Å². The van der Waals surface area contributed by atoms with Gasteiger partial charge in [-0.25, -0.2) is 22.8 Å². The number of sulfone groups is 1. The molecular weight excluding hydrogens is 295 g/mol. The number of nitrogens with zero attached hydrogens (tertiary/aromatic N) is 2. The number of hydrogen-bond acceptors (Lipinski definition) is 5. The summed E-state index contributed by atoms with van der Waals surface area (Å²) in [4.78, 5) is 7.80. The van der Waals surface area contributed by atoms with Crippen molar-refractivity contribution >= 4 is 9.84 Å². The summed E-state index contributed by atoms with van der Waals surface area (Å²) in [5.74, 6) is 0.145. The molecule has 0 N–H and O–H groups in total. The molecule has 0 saturated heterocycles. The van der Waals surface area contributed by atoms with Crippen LogP contribution in [0.25, 0.3) is 0 Å². The number of hydrogen-bond donors (Lipinski definition) is 0. The van der Waals surface area contributed by atoms with Gasteiger partial charge in [0.05, 0.1) is 17.1 Å². The van der Waals surface area contributed by atoms with Crippen LogP contribution in [0.4, 0.5) is 4.39 Å². The number of rotatable bonds is 3. The molecule has 0 unspecified atom stereocenters. The smallest absolute Gasteiger partial charge is 0.237 e. The van der Waals surface area contributed by atoms with Gasteiger partial charge < -0.3 is 4.74 Å². The third-order valence-electron chi connectivity index (χ3n) is 2.72. The van der Waals surface area contributed by atoms with Crippen LogP contribution in [-0.4, -0.2) is 23.1 Å². The molecule has 0 radical (unpaired) electrons. The molecule has 0 amide bonds. The molecule has 0 bridgehead atoms. The van der Waals surface area contributed by atoms with Crippen molar-refractivity contribution in [1.29, 1.82) is 0 Å². The molecule has 0 atom stereocenters. The van der Waals surface area contributed by atoms with Gasteiger partial charge in [-0.3, -0.25) is 0 Å². The van der Waals surface area contributed by atoms with E-state index in [1.807, 2.05) is 0 Å². The molecule has 1 aromatic heterocycles.